The third-order valence-corrected chi connectivity index (χ3v) is 3.58. The molecule has 0 amide bonds. The van der Waals surface area contributed by atoms with Crippen molar-refractivity contribution in [1.29, 1.82) is 0 Å². The van der Waals surface area contributed by atoms with Crippen LogP contribution in [0.5, 0.6) is 5.75 Å². The van der Waals surface area contributed by atoms with Gasteiger partial charge in [-0.25, -0.2) is 4.39 Å². The zero-order valence-corrected chi connectivity index (χ0v) is 11.6. The number of hydrogen-bond acceptors (Lipinski definition) is 1. The molecule has 0 heterocycles. The van der Waals surface area contributed by atoms with Crippen LogP contribution in [-0.4, -0.2) is 11.9 Å². The summed E-state index contributed by atoms with van der Waals surface area (Å²) < 4.78 is 18.8. The molecule has 1 nitrogen and oxygen atoms in total. The first kappa shape index (κ1) is 13.5. The summed E-state index contributed by atoms with van der Waals surface area (Å²) in [4.78, 5) is 0. The monoisotopic (exact) mass is 288 g/mol. The Morgan fingerprint density at radius 2 is 2.06 bits per heavy atom. The molecule has 0 saturated carbocycles. The largest absolute Gasteiger partial charge is 0.493 e. The Morgan fingerprint density at radius 3 is 2.56 bits per heavy atom. The Labute approximate surface area is 105 Å². The molecule has 0 fully saturated rings. The SMILES string of the molecule is Cc1ccc(OCC(CBr)C(C)C)cc1F. The molecular formula is C13H18BrFO. The zero-order valence-electron chi connectivity index (χ0n) is 9.97. The third-order valence-electron chi connectivity index (χ3n) is 2.75. The fourth-order valence-corrected chi connectivity index (χ4v) is 2.22. The van der Waals surface area contributed by atoms with Crippen molar-refractivity contribution < 1.29 is 9.13 Å². The smallest absolute Gasteiger partial charge is 0.129 e. The number of aryl methyl sites for hydroxylation is 1. The highest BCUT2D eigenvalue weighted by atomic mass is 79.9. The van der Waals surface area contributed by atoms with Gasteiger partial charge in [-0.1, -0.05) is 35.8 Å². The van der Waals surface area contributed by atoms with E-state index < -0.39 is 0 Å². The highest BCUT2D eigenvalue weighted by molar-refractivity contribution is 9.09. The van der Waals surface area contributed by atoms with E-state index in [9.17, 15) is 4.39 Å². The number of alkyl halides is 1. The molecule has 0 aliphatic rings. The molecule has 1 aromatic rings. The molecule has 1 unspecified atom stereocenters. The lowest BCUT2D eigenvalue weighted by atomic mass is 9.99. The van der Waals surface area contributed by atoms with Gasteiger partial charge in [0.15, 0.2) is 0 Å². The molecule has 3 heteroatoms. The van der Waals surface area contributed by atoms with E-state index in [4.69, 9.17) is 4.74 Å². The van der Waals surface area contributed by atoms with Crippen molar-refractivity contribution in [2.75, 3.05) is 11.9 Å². The predicted molar refractivity (Wildman–Crippen MR) is 68.8 cm³/mol. The van der Waals surface area contributed by atoms with Gasteiger partial charge in [0.2, 0.25) is 0 Å². The molecule has 0 N–H and O–H groups in total. The first-order valence-corrected chi connectivity index (χ1v) is 6.61. The summed E-state index contributed by atoms with van der Waals surface area (Å²) >= 11 is 3.46. The second-order valence-electron chi connectivity index (χ2n) is 4.38. The zero-order chi connectivity index (χ0) is 12.1. The number of benzene rings is 1. The molecule has 1 rings (SSSR count). The number of rotatable bonds is 5. The molecule has 0 aromatic heterocycles. The summed E-state index contributed by atoms with van der Waals surface area (Å²) in [5.74, 6) is 1.39. The summed E-state index contributed by atoms with van der Waals surface area (Å²) in [6.45, 7) is 6.68. The maximum absolute atomic E-state index is 13.3. The summed E-state index contributed by atoms with van der Waals surface area (Å²) in [6, 6.07) is 4.99. The van der Waals surface area contributed by atoms with E-state index in [1.54, 1.807) is 13.0 Å². The Bertz CT molecular complexity index is 339. The number of ether oxygens (including phenoxy) is 1. The number of halogens is 2. The second-order valence-corrected chi connectivity index (χ2v) is 5.03. The first-order valence-electron chi connectivity index (χ1n) is 5.49. The van der Waals surface area contributed by atoms with Crippen molar-refractivity contribution >= 4 is 15.9 Å². The van der Waals surface area contributed by atoms with E-state index in [1.165, 1.54) is 6.07 Å². The van der Waals surface area contributed by atoms with Crippen LogP contribution in [0.1, 0.15) is 19.4 Å². The van der Waals surface area contributed by atoms with Gasteiger partial charge in [-0.15, -0.1) is 0 Å². The molecule has 0 bridgehead atoms. The van der Waals surface area contributed by atoms with Crippen LogP contribution in [-0.2, 0) is 0 Å². The van der Waals surface area contributed by atoms with Crippen molar-refractivity contribution in [3.63, 3.8) is 0 Å². The Kier molecular flexibility index (Phi) is 5.26. The second kappa shape index (κ2) is 6.24. The van der Waals surface area contributed by atoms with Gasteiger partial charge in [0.05, 0.1) is 6.61 Å². The summed E-state index contributed by atoms with van der Waals surface area (Å²) in [5.41, 5.74) is 0.647. The summed E-state index contributed by atoms with van der Waals surface area (Å²) in [7, 11) is 0. The van der Waals surface area contributed by atoms with Crippen molar-refractivity contribution in [2.45, 2.75) is 20.8 Å². The fraction of sp³-hybridized carbons (Fsp3) is 0.538. The topological polar surface area (TPSA) is 9.23 Å². The average molecular weight is 289 g/mol. The van der Waals surface area contributed by atoms with E-state index in [0.29, 0.717) is 29.8 Å². The molecule has 0 radical (unpaired) electrons. The van der Waals surface area contributed by atoms with Crippen LogP contribution in [0.25, 0.3) is 0 Å². The molecule has 0 saturated heterocycles. The van der Waals surface area contributed by atoms with Crippen LogP contribution < -0.4 is 4.74 Å². The maximum Gasteiger partial charge on any atom is 0.129 e. The van der Waals surface area contributed by atoms with Gasteiger partial charge >= 0.3 is 0 Å². The molecule has 0 aliphatic heterocycles. The van der Waals surface area contributed by atoms with E-state index in [2.05, 4.69) is 29.8 Å². The van der Waals surface area contributed by atoms with Crippen molar-refractivity contribution in [3.8, 4) is 5.75 Å². The van der Waals surface area contributed by atoms with Crippen LogP contribution in [0.3, 0.4) is 0 Å². The van der Waals surface area contributed by atoms with E-state index >= 15 is 0 Å². The molecule has 16 heavy (non-hydrogen) atoms. The van der Waals surface area contributed by atoms with Gasteiger partial charge in [-0.2, -0.15) is 0 Å². The molecule has 1 atom stereocenters. The van der Waals surface area contributed by atoms with Gasteiger partial charge in [0.1, 0.15) is 11.6 Å². The van der Waals surface area contributed by atoms with Crippen LogP contribution in [0.4, 0.5) is 4.39 Å². The van der Waals surface area contributed by atoms with Gasteiger partial charge in [-0.3, -0.25) is 0 Å². The molecule has 0 spiro atoms. The van der Waals surface area contributed by atoms with Crippen LogP contribution in [0.15, 0.2) is 18.2 Å². The normalized spacial score (nSPS) is 12.9. The van der Waals surface area contributed by atoms with Crippen molar-refractivity contribution in [2.24, 2.45) is 11.8 Å². The van der Waals surface area contributed by atoms with Gasteiger partial charge < -0.3 is 4.74 Å². The molecule has 90 valence electrons. The highest BCUT2D eigenvalue weighted by Gasteiger charge is 2.12. The third kappa shape index (κ3) is 3.78. The summed E-state index contributed by atoms with van der Waals surface area (Å²) in [5, 5.41) is 0.902. The Balaban J connectivity index is 2.57. The quantitative estimate of drug-likeness (QED) is 0.739. The lowest BCUT2D eigenvalue weighted by Crippen LogP contribution is -2.19. The number of hydrogen-bond donors (Lipinski definition) is 0. The van der Waals surface area contributed by atoms with Gasteiger partial charge in [0.25, 0.3) is 0 Å². The predicted octanol–water partition coefficient (Wildman–Crippen LogP) is 4.18. The van der Waals surface area contributed by atoms with Crippen molar-refractivity contribution in [1.82, 2.24) is 0 Å². The molecule has 0 aliphatic carbocycles. The van der Waals surface area contributed by atoms with Gasteiger partial charge in [-0.05, 0) is 24.5 Å². The average Bonchev–Trinajstić information content (AvgIpc) is 2.23. The van der Waals surface area contributed by atoms with E-state index in [1.807, 2.05) is 6.07 Å². The van der Waals surface area contributed by atoms with E-state index in [-0.39, 0.29) is 5.82 Å². The molecular weight excluding hydrogens is 271 g/mol. The van der Waals surface area contributed by atoms with Crippen LogP contribution in [0.2, 0.25) is 0 Å². The van der Waals surface area contributed by atoms with Gasteiger partial charge in [0, 0.05) is 17.3 Å². The Morgan fingerprint density at radius 1 is 1.38 bits per heavy atom. The Hall–Kier alpha value is -0.570. The first-order chi connectivity index (χ1) is 7.54. The maximum atomic E-state index is 13.3. The minimum Gasteiger partial charge on any atom is -0.493 e. The minimum absolute atomic E-state index is 0.211. The summed E-state index contributed by atoms with van der Waals surface area (Å²) in [6.07, 6.45) is 0. The van der Waals surface area contributed by atoms with Crippen LogP contribution >= 0.6 is 15.9 Å². The van der Waals surface area contributed by atoms with Crippen LogP contribution in [0, 0.1) is 24.6 Å². The van der Waals surface area contributed by atoms with E-state index in [0.717, 1.165) is 5.33 Å². The molecule has 1 aromatic carbocycles. The highest BCUT2D eigenvalue weighted by Crippen LogP contribution is 2.19. The fourth-order valence-electron chi connectivity index (χ4n) is 1.28. The lowest BCUT2D eigenvalue weighted by Gasteiger charge is -2.18. The standard InChI is InChI=1S/C13H18BrFO/c1-9(2)11(7-14)8-16-12-5-4-10(3)13(15)6-12/h4-6,9,11H,7-8H2,1-3H3. The van der Waals surface area contributed by atoms with Crippen molar-refractivity contribution in [3.05, 3.63) is 29.6 Å². The lowest BCUT2D eigenvalue weighted by molar-refractivity contribution is 0.227. The minimum atomic E-state index is -0.211.